The van der Waals surface area contributed by atoms with Gasteiger partial charge in [-0.25, -0.2) is 4.79 Å². The van der Waals surface area contributed by atoms with Crippen molar-refractivity contribution in [2.45, 2.75) is 44.7 Å². The fourth-order valence-electron chi connectivity index (χ4n) is 5.24. The van der Waals surface area contributed by atoms with Gasteiger partial charge in [0.15, 0.2) is 5.58 Å². The van der Waals surface area contributed by atoms with Crippen LogP contribution in [-0.2, 0) is 4.79 Å². The van der Waals surface area contributed by atoms with Gasteiger partial charge in [0.25, 0.3) is 5.91 Å². The second-order valence-electron chi connectivity index (χ2n) is 8.78. The zero-order valence-electron chi connectivity index (χ0n) is 17.6. The van der Waals surface area contributed by atoms with Gasteiger partial charge < -0.3 is 14.2 Å². The van der Waals surface area contributed by atoms with Crippen LogP contribution in [0.2, 0.25) is 0 Å². The van der Waals surface area contributed by atoms with Crippen molar-refractivity contribution in [2.24, 2.45) is 0 Å². The fraction of sp³-hybridized carbons (Fsp3) is 0.565. The van der Waals surface area contributed by atoms with E-state index in [1.165, 1.54) is 10.6 Å². The molecule has 0 N–H and O–H groups in total. The Bertz CT molecular complexity index is 919. The number of para-hydroxylation sites is 1. The first kappa shape index (κ1) is 19.4. The highest BCUT2D eigenvalue weighted by Crippen LogP contribution is 2.30. The van der Waals surface area contributed by atoms with E-state index in [-0.39, 0.29) is 18.0 Å². The molecule has 0 bridgehead atoms. The number of unbranched alkanes of at least 4 members (excludes halogenated alkanes) is 1. The van der Waals surface area contributed by atoms with Crippen molar-refractivity contribution in [3.05, 3.63) is 30.5 Å². The summed E-state index contributed by atoms with van der Waals surface area (Å²) in [4.78, 5) is 33.0. The van der Waals surface area contributed by atoms with Crippen LogP contribution in [-0.4, -0.2) is 78.0 Å². The highest BCUT2D eigenvalue weighted by molar-refractivity contribution is 6.04. The molecule has 160 valence electrons. The lowest BCUT2D eigenvalue weighted by atomic mass is 10.1. The van der Waals surface area contributed by atoms with E-state index < -0.39 is 0 Å². The molecule has 0 spiro atoms. The minimum Gasteiger partial charge on any atom is -0.462 e. The normalized spacial score (nSPS) is 25.0. The molecule has 0 aliphatic carbocycles. The third kappa shape index (κ3) is 3.35. The summed E-state index contributed by atoms with van der Waals surface area (Å²) in [6.45, 7) is 7.53. The van der Waals surface area contributed by atoms with Crippen LogP contribution in [0.4, 0.5) is 10.5 Å². The van der Waals surface area contributed by atoms with E-state index in [2.05, 4.69) is 34.9 Å². The highest BCUT2D eigenvalue weighted by Gasteiger charge is 2.46. The Morgan fingerprint density at radius 2 is 1.93 bits per heavy atom. The van der Waals surface area contributed by atoms with Crippen LogP contribution in [0.15, 0.2) is 34.9 Å². The van der Waals surface area contributed by atoms with Gasteiger partial charge in [0.05, 0.1) is 12.0 Å². The molecule has 30 heavy (non-hydrogen) atoms. The third-order valence-electron chi connectivity index (χ3n) is 6.92. The summed E-state index contributed by atoms with van der Waals surface area (Å²) < 4.78 is 5.72. The molecule has 3 aliphatic heterocycles. The number of nitrogens with zero attached hydrogens (tertiary/aromatic N) is 4. The second-order valence-corrected chi connectivity index (χ2v) is 8.78. The minimum atomic E-state index is -0.177. The molecule has 1 aromatic heterocycles. The molecule has 7 heteroatoms. The van der Waals surface area contributed by atoms with Gasteiger partial charge >= 0.3 is 6.03 Å². The number of rotatable bonds is 6. The SMILES string of the molecule is C[C@H]1CN(c2cccc3ccoc23)CCN1CCCCN1C(=O)C2CCCN2C1=O. The molecule has 5 rings (SSSR count). The van der Waals surface area contributed by atoms with E-state index in [9.17, 15) is 9.59 Å². The maximum absolute atomic E-state index is 12.4. The predicted octanol–water partition coefficient (Wildman–Crippen LogP) is 3.15. The van der Waals surface area contributed by atoms with Crippen molar-refractivity contribution in [3.8, 4) is 0 Å². The predicted molar refractivity (Wildman–Crippen MR) is 116 cm³/mol. The fourth-order valence-corrected chi connectivity index (χ4v) is 5.24. The van der Waals surface area contributed by atoms with Crippen LogP contribution in [0.25, 0.3) is 11.0 Å². The van der Waals surface area contributed by atoms with E-state index in [4.69, 9.17) is 4.42 Å². The van der Waals surface area contributed by atoms with Gasteiger partial charge in [0, 0.05) is 44.2 Å². The Hall–Kier alpha value is -2.54. The minimum absolute atomic E-state index is 0.0200. The van der Waals surface area contributed by atoms with Gasteiger partial charge in [0.2, 0.25) is 0 Å². The number of anilines is 1. The third-order valence-corrected chi connectivity index (χ3v) is 6.92. The first-order valence-corrected chi connectivity index (χ1v) is 11.2. The molecule has 1 aromatic carbocycles. The van der Waals surface area contributed by atoms with E-state index in [0.717, 1.165) is 69.4 Å². The number of furan rings is 1. The number of fused-ring (bicyclic) bond motifs is 2. The Morgan fingerprint density at radius 1 is 1.07 bits per heavy atom. The molecule has 2 aromatic rings. The van der Waals surface area contributed by atoms with Crippen LogP contribution in [0.3, 0.4) is 0 Å². The van der Waals surface area contributed by atoms with Crippen molar-refractivity contribution in [1.29, 1.82) is 0 Å². The van der Waals surface area contributed by atoms with Crippen molar-refractivity contribution in [3.63, 3.8) is 0 Å². The number of carbonyl (C=O) groups is 2. The number of hydrogen-bond donors (Lipinski definition) is 0. The number of hydrogen-bond acceptors (Lipinski definition) is 5. The van der Waals surface area contributed by atoms with Gasteiger partial charge in [-0.2, -0.15) is 0 Å². The zero-order valence-corrected chi connectivity index (χ0v) is 17.6. The first-order chi connectivity index (χ1) is 14.6. The molecule has 3 saturated heterocycles. The van der Waals surface area contributed by atoms with Crippen LogP contribution < -0.4 is 4.90 Å². The summed E-state index contributed by atoms with van der Waals surface area (Å²) in [5.41, 5.74) is 2.15. The summed E-state index contributed by atoms with van der Waals surface area (Å²) in [6, 6.07) is 8.53. The Morgan fingerprint density at radius 3 is 2.77 bits per heavy atom. The van der Waals surface area contributed by atoms with Gasteiger partial charge in [-0.1, -0.05) is 12.1 Å². The number of imide groups is 1. The summed E-state index contributed by atoms with van der Waals surface area (Å²) >= 11 is 0. The number of urea groups is 1. The van der Waals surface area contributed by atoms with Crippen LogP contribution >= 0.6 is 0 Å². The van der Waals surface area contributed by atoms with Gasteiger partial charge in [0.1, 0.15) is 6.04 Å². The molecule has 2 atom stereocenters. The summed E-state index contributed by atoms with van der Waals surface area (Å²) in [7, 11) is 0. The summed E-state index contributed by atoms with van der Waals surface area (Å²) in [5.74, 6) is 0.0200. The maximum Gasteiger partial charge on any atom is 0.327 e. The summed E-state index contributed by atoms with van der Waals surface area (Å²) in [5, 5.41) is 1.15. The number of benzene rings is 1. The largest absolute Gasteiger partial charge is 0.462 e. The average molecular weight is 411 g/mol. The molecule has 7 nitrogen and oxygen atoms in total. The smallest absolute Gasteiger partial charge is 0.327 e. The van der Waals surface area contributed by atoms with Crippen molar-refractivity contribution >= 4 is 28.6 Å². The van der Waals surface area contributed by atoms with Crippen molar-refractivity contribution in [2.75, 3.05) is 44.2 Å². The summed E-state index contributed by atoms with van der Waals surface area (Å²) in [6.07, 6.45) is 5.41. The molecular formula is C23H30N4O3. The molecule has 3 amide bonds. The molecule has 0 saturated carbocycles. The molecule has 0 radical (unpaired) electrons. The van der Waals surface area contributed by atoms with Crippen molar-refractivity contribution in [1.82, 2.24) is 14.7 Å². The molecule has 3 fully saturated rings. The molecule has 1 unspecified atom stereocenters. The van der Waals surface area contributed by atoms with E-state index in [0.29, 0.717) is 12.6 Å². The topological polar surface area (TPSA) is 60.2 Å². The van der Waals surface area contributed by atoms with Crippen LogP contribution in [0.5, 0.6) is 0 Å². The first-order valence-electron chi connectivity index (χ1n) is 11.2. The monoisotopic (exact) mass is 410 g/mol. The number of carbonyl (C=O) groups excluding carboxylic acids is 2. The zero-order chi connectivity index (χ0) is 20.7. The highest BCUT2D eigenvalue weighted by atomic mass is 16.3. The maximum atomic E-state index is 12.4. The molecule has 3 aliphatic rings. The Balaban J connectivity index is 1.11. The average Bonchev–Trinajstić information content (AvgIpc) is 3.46. The lowest BCUT2D eigenvalue weighted by molar-refractivity contribution is -0.128. The second kappa shape index (κ2) is 7.95. The van der Waals surface area contributed by atoms with E-state index in [1.54, 1.807) is 11.2 Å². The van der Waals surface area contributed by atoms with E-state index >= 15 is 0 Å². The van der Waals surface area contributed by atoms with Gasteiger partial charge in [-0.3, -0.25) is 14.6 Å². The Labute approximate surface area is 177 Å². The van der Waals surface area contributed by atoms with Crippen molar-refractivity contribution < 1.29 is 14.0 Å². The standard InChI is InChI=1S/C23H30N4O3/c1-17-16-25(19-7-4-6-18-9-15-30-21(18)19)14-13-24(17)10-2-3-11-27-22(28)20-8-5-12-26(20)23(27)29/h4,6-7,9,15,17,20H,2-3,5,8,10-14,16H2,1H3/t17-,20?/m0/s1. The van der Waals surface area contributed by atoms with Gasteiger partial charge in [-0.05, 0) is 51.3 Å². The van der Waals surface area contributed by atoms with Gasteiger partial charge in [-0.15, -0.1) is 0 Å². The van der Waals surface area contributed by atoms with Crippen LogP contribution in [0, 0.1) is 0 Å². The number of piperazine rings is 1. The number of amides is 3. The van der Waals surface area contributed by atoms with Crippen LogP contribution in [0.1, 0.15) is 32.6 Å². The lowest BCUT2D eigenvalue weighted by Crippen LogP contribution is -2.52. The Kier molecular flexibility index (Phi) is 5.15. The lowest BCUT2D eigenvalue weighted by Gasteiger charge is -2.41. The molecular weight excluding hydrogens is 380 g/mol. The van der Waals surface area contributed by atoms with E-state index in [1.807, 2.05) is 6.07 Å². The quantitative estimate of drug-likeness (QED) is 0.541. The molecule has 4 heterocycles.